The second kappa shape index (κ2) is 9.63. The van der Waals surface area contributed by atoms with E-state index in [1.807, 2.05) is 25.1 Å². The molecule has 1 aliphatic rings. The van der Waals surface area contributed by atoms with Crippen molar-refractivity contribution in [2.24, 2.45) is 11.8 Å². The van der Waals surface area contributed by atoms with Crippen molar-refractivity contribution in [1.82, 2.24) is 14.9 Å². The maximum atomic E-state index is 12.9. The first-order valence-electron chi connectivity index (χ1n) is 10.4. The summed E-state index contributed by atoms with van der Waals surface area (Å²) in [6.07, 6.45) is 5.72. The lowest BCUT2D eigenvalue weighted by Crippen LogP contribution is -2.42. The minimum atomic E-state index is -0.0494. The predicted molar refractivity (Wildman–Crippen MR) is 114 cm³/mol. The summed E-state index contributed by atoms with van der Waals surface area (Å²) in [4.78, 5) is 35.8. The maximum absolute atomic E-state index is 12.9. The van der Waals surface area contributed by atoms with Crippen LogP contribution in [0.5, 0.6) is 0 Å². The van der Waals surface area contributed by atoms with Crippen LogP contribution in [0.3, 0.4) is 0 Å². The van der Waals surface area contributed by atoms with E-state index in [1.165, 1.54) is 0 Å². The monoisotopic (exact) mass is 394 g/mol. The number of rotatable bonds is 7. The van der Waals surface area contributed by atoms with Crippen LogP contribution in [0.4, 0.5) is 5.82 Å². The lowest BCUT2D eigenvalue weighted by Gasteiger charge is -2.32. The number of hydrogen-bond donors (Lipinski definition) is 1. The maximum Gasteiger partial charge on any atom is 0.255 e. The molecule has 1 amide bonds. The Bertz CT molecular complexity index is 848. The van der Waals surface area contributed by atoms with Gasteiger partial charge in [0, 0.05) is 37.8 Å². The number of anilines is 1. The van der Waals surface area contributed by atoms with Gasteiger partial charge < -0.3 is 10.2 Å². The van der Waals surface area contributed by atoms with Crippen molar-refractivity contribution >= 4 is 17.5 Å². The molecule has 154 valence electrons. The third kappa shape index (κ3) is 5.62. The summed E-state index contributed by atoms with van der Waals surface area (Å²) >= 11 is 0. The summed E-state index contributed by atoms with van der Waals surface area (Å²) in [5, 5.41) is 3.24. The number of amides is 1. The number of hydrogen-bond acceptors (Lipinski definition) is 5. The van der Waals surface area contributed by atoms with Crippen LogP contribution < -0.4 is 5.32 Å². The molecule has 3 rings (SSSR count). The Hall–Kier alpha value is -2.76. The normalized spacial score (nSPS) is 16.7. The van der Waals surface area contributed by atoms with Crippen molar-refractivity contribution in [1.29, 1.82) is 0 Å². The smallest absolute Gasteiger partial charge is 0.255 e. The highest BCUT2D eigenvalue weighted by atomic mass is 16.2. The molecule has 3 heterocycles. The van der Waals surface area contributed by atoms with Gasteiger partial charge >= 0.3 is 0 Å². The molecule has 0 spiro atoms. The SMILES string of the molecule is Cc1cccnc1CNc1ccc(C(=O)N2CCCC(C(=O)CC(C)C)C2)cn1. The molecule has 1 unspecified atom stereocenters. The van der Waals surface area contributed by atoms with Crippen LogP contribution in [0.25, 0.3) is 0 Å². The van der Waals surface area contributed by atoms with Crippen LogP contribution in [-0.4, -0.2) is 39.6 Å². The van der Waals surface area contributed by atoms with Gasteiger partial charge in [-0.1, -0.05) is 19.9 Å². The van der Waals surface area contributed by atoms with E-state index in [4.69, 9.17) is 0 Å². The first kappa shape index (κ1) is 21.0. The van der Waals surface area contributed by atoms with E-state index in [9.17, 15) is 9.59 Å². The fraction of sp³-hybridized carbons (Fsp3) is 0.478. The van der Waals surface area contributed by atoms with Crippen molar-refractivity contribution in [3.05, 3.63) is 53.5 Å². The zero-order chi connectivity index (χ0) is 20.8. The highest BCUT2D eigenvalue weighted by Gasteiger charge is 2.29. The summed E-state index contributed by atoms with van der Waals surface area (Å²) in [7, 11) is 0. The van der Waals surface area contributed by atoms with Crippen molar-refractivity contribution < 1.29 is 9.59 Å². The van der Waals surface area contributed by atoms with Crippen LogP contribution in [0.15, 0.2) is 36.7 Å². The van der Waals surface area contributed by atoms with Crippen LogP contribution in [-0.2, 0) is 11.3 Å². The molecule has 6 nitrogen and oxygen atoms in total. The van der Waals surface area contributed by atoms with Gasteiger partial charge in [0.15, 0.2) is 0 Å². The highest BCUT2D eigenvalue weighted by molar-refractivity contribution is 5.94. The van der Waals surface area contributed by atoms with Crippen molar-refractivity contribution in [2.75, 3.05) is 18.4 Å². The third-order valence-corrected chi connectivity index (χ3v) is 5.34. The predicted octanol–water partition coefficient (Wildman–Crippen LogP) is 3.86. The quantitative estimate of drug-likeness (QED) is 0.772. The zero-order valence-electron chi connectivity index (χ0n) is 17.5. The minimum Gasteiger partial charge on any atom is -0.364 e. The van der Waals surface area contributed by atoms with Gasteiger partial charge in [-0.3, -0.25) is 14.6 Å². The van der Waals surface area contributed by atoms with E-state index in [0.717, 1.165) is 24.1 Å². The van der Waals surface area contributed by atoms with Crippen LogP contribution >= 0.6 is 0 Å². The molecular formula is C23H30N4O2. The summed E-state index contributed by atoms with van der Waals surface area (Å²) in [6.45, 7) is 7.93. The number of nitrogens with one attached hydrogen (secondary N) is 1. The molecule has 2 aromatic heterocycles. The molecule has 0 saturated carbocycles. The molecule has 0 aliphatic carbocycles. The number of aryl methyl sites for hydroxylation is 1. The largest absolute Gasteiger partial charge is 0.364 e. The number of ketones is 1. The Kier molecular flexibility index (Phi) is 6.96. The van der Waals surface area contributed by atoms with E-state index in [-0.39, 0.29) is 17.6 Å². The molecule has 1 saturated heterocycles. The van der Waals surface area contributed by atoms with Gasteiger partial charge in [0.25, 0.3) is 5.91 Å². The van der Waals surface area contributed by atoms with E-state index in [1.54, 1.807) is 23.4 Å². The van der Waals surface area contributed by atoms with Gasteiger partial charge in [0.2, 0.25) is 0 Å². The van der Waals surface area contributed by atoms with Gasteiger partial charge in [-0.05, 0) is 49.4 Å². The van der Waals surface area contributed by atoms with Crippen LogP contribution in [0, 0.1) is 18.8 Å². The molecule has 1 atom stereocenters. The summed E-state index contributed by atoms with van der Waals surface area (Å²) in [5.74, 6) is 1.25. The number of piperidine rings is 1. The summed E-state index contributed by atoms with van der Waals surface area (Å²) in [5.41, 5.74) is 2.65. The second-order valence-corrected chi connectivity index (χ2v) is 8.21. The van der Waals surface area contributed by atoms with Crippen molar-refractivity contribution in [3.63, 3.8) is 0 Å². The molecule has 1 fully saturated rings. The van der Waals surface area contributed by atoms with E-state index < -0.39 is 0 Å². The third-order valence-electron chi connectivity index (χ3n) is 5.34. The fourth-order valence-corrected chi connectivity index (χ4v) is 3.68. The summed E-state index contributed by atoms with van der Waals surface area (Å²) < 4.78 is 0. The van der Waals surface area contributed by atoms with E-state index in [2.05, 4.69) is 29.1 Å². The molecule has 0 bridgehead atoms. The fourth-order valence-electron chi connectivity index (χ4n) is 3.68. The average molecular weight is 395 g/mol. The number of Topliss-reactive ketones (excluding diaryl/α,β-unsaturated/α-hetero) is 1. The molecule has 1 N–H and O–H groups in total. The zero-order valence-corrected chi connectivity index (χ0v) is 17.5. The molecule has 2 aromatic rings. The van der Waals surface area contributed by atoms with Gasteiger partial charge in [-0.2, -0.15) is 0 Å². The second-order valence-electron chi connectivity index (χ2n) is 8.21. The molecule has 29 heavy (non-hydrogen) atoms. The Morgan fingerprint density at radius 2 is 2.07 bits per heavy atom. The number of nitrogens with zero attached hydrogens (tertiary/aromatic N) is 3. The van der Waals surface area contributed by atoms with Gasteiger partial charge in [-0.25, -0.2) is 4.98 Å². The average Bonchev–Trinajstić information content (AvgIpc) is 2.72. The van der Waals surface area contributed by atoms with Crippen LogP contribution in [0.1, 0.15) is 54.7 Å². The standard InChI is InChI=1S/C23H30N4O2/c1-16(2)12-21(28)19-7-5-11-27(15-19)23(29)18-8-9-22(25-13-18)26-14-20-17(3)6-4-10-24-20/h4,6,8-10,13,16,19H,5,7,11-12,14-15H2,1-3H3,(H,25,26). The molecule has 1 aliphatic heterocycles. The summed E-state index contributed by atoms with van der Waals surface area (Å²) in [6, 6.07) is 7.55. The number of carbonyl (C=O) groups is 2. The lowest BCUT2D eigenvalue weighted by atomic mass is 9.89. The molecular weight excluding hydrogens is 364 g/mol. The highest BCUT2D eigenvalue weighted by Crippen LogP contribution is 2.22. The topological polar surface area (TPSA) is 75.2 Å². The molecule has 6 heteroatoms. The number of aromatic nitrogens is 2. The number of pyridine rings is 2. The van der Waals surface area contributed by atoms with Gasteiger partial charge in [-0.15, -0.1) is 0 Å². The Labute approximate surface area is 172 Å². The van der Waals surface area contributed by atoms with E-state index >= 15 is 0 Å². The van der Waals surface area contributed by atoms with Crippen LogP contribution in [0.2, 0.25) is 0 Å². The molecule has 0 radical (unpaired) electrons. The first-order chi connectivity index (χ1) is 13.9. The van der Waals surface area contributed by atoms with Crippen molar-refractivity contribution in [3.8, 4) is 0 Å². The molecule has 0 aromatic carbocycles. The Balaban J connectivity index is 1.58. The number of likely N-dealkylation sites (tertiary alicyclic amines) is 1. The lowest BCUT2D eigenvalue weighted by molar-refractivity contribution is -0.124. The van der Waals surface area contributed by atoms with Crippen molar-refractivity contribution in [2.45, 2.75) is 46.6 Å². The first-order valence-corrected chi connectivity index (χ1v) is 10.4. The van der Waals surface area contributed by atoms with Gasteiger partial charge in [0.1, 0.15) is 11.6 Å². The Morgan fingerprint density at radius 1 is 1.24 bits per heavy atom. The van der Waals surface area contributed by atoms with Gasteiger partial charge in [0.05, 0.1) is 17.8 Å². The van der Waals surface area contributed by atoms with E-state index in [0.29, 0.717) is 43.4 Å². The number of carbonyl (C=O) groups excluding carboxylic acids is 2. The Morgan fingerprint density at radius 3 is 2.76 bits per heavy atom. The minimum absolute atomic E-state index is 0.0365.